The lowest BCUT2D eigenvalue weighted by Crippen LogP contribution is -2.20. The molecule has 0 aliphatic rings. The molecule has 2 rings (SSSR count). The van der Waals surface area contributed by atoms with Crippen molar-refractivity contribution >= 4 is 46.8 Å². The Morgan fingerprint density at radius 2 is 1.92 bits per heavy atom. The number of esters is 1. The van der Waals surface area contributed by atoms with E-state index < -0.39 is 18.5 Å². The highest BCUT2D eigenvalue weighted by Crippen LogP contribution is 2.27. The first-order valence-electron chi connectivity index (χ1n) is 7.52. The maximum absolute atomic E-state index is 11.9. The van der Waals surface area contributed by atoms with Gasteiger partial charge in [-0.2, -0.15) is 0 Å². The van der Waals surface area contributed by atoms with E-state index in [2.05, 4.69) is 5.32 Å². The lowest BCUT2D eigenvalue weighted by atomic mass is 10.1. The van der Waals surface area contributed by atoms with E-state index in [1.165, 1.54) is 6.08 Å². The fourth-order valence-corrected chi connectivity index (χ4v) is 2.78. The Hall–Kier alpha value is -2.30. The van der Waals surface area contributed by atoms with Gasteiger partial charge in [0.15, 0.2) is 6.61 Å². The predicted octanol–water partition coefficient (Wildman–Crippen LogP) is 4.81. The average Bonchev–Trinajstić information content (AvgIpc) is 2.54. The molecular formula is C19H17Cl2NO3. The van der Waals surface area contributed by atoms with Gasteiger partial charge in [-0.3, -0.25) is 4.79 Å². The molecule has 0 saturated heterocycles. The largest absolute Gasteiger partial charge is 0.452 e. The van der Waals surface area contributed by atoms with E-state index in [0.717, 1.165) is 16.7 Å². The van der Waals surface area contributed by atoms with Crippen LogP contribution < -0.4 is 5.32 Å². The number of carbonyl (C=O) groups excluding carboxylic acids is 2. The van der Waals surface area contributed by atoms with Crippen LogP contribution in [0.5, 0.6) is 0 Å². The number of hydrogen-bond donors (Lipinski definition) is 1. The van der Waals surface area contributed by atoms with E-state index in [1.54, 1.807) is 36.4 Å². The van der Waals surface area contributed by atoms with Crippen molar-refractivity contribution in [2.24, 2.45) is 0 Å². The average molecular weight is 378 g/mol. The number of benzene rings is 2. The minimum absolute atomic E-state index is 0.400. The molecule has 0 unspecified atom stereocenters. The molecule has 130 valence electrons. The second-order valence-corrected chi connectivity index (χ2v) is 6.33. The van der Waals surface area contributed by atoms with Crippen molar-refractivity contribution < 1.29 is 14.3 Å². The summed E-state index contributed by atoms with van der Waals surface area (Å²) in [4.78, 5) is 23.6. The number of ether oxygens (including phenoxy) is 1. The third kappa shape index (κ3) is 5.93. The van der Waals surface area contributed by atoms with E-state index in [-0.39, 0.29) is 0 Å². The molecule has 1 N–H and O–H groups in total. The number of aryl methyl sites for hydroxylation is 2. The number of hydrogen-bond acceptors (Lipinski definition) is 3. The number of anilines is 1. The minimum atomic E-state index is -0.623. The first kappa shape index (κ1) is 19.0. The summed E-state index contributed by atoms with van der Waals surface area (Å²) < 4.78 is 4.92. The summed E-state index contributed by atoms with van der Waals surface area (Å²) in [6.07, 6.45) is 2.80. The monoisotopic (exact) mass is 377 g/mol. The molecule has 0 radical (unpaired) electrons. The lowest BCUT2D eigenvalue weighted by Gasteiger charge is -2.11. The van der Waals surface area contributed by atoms with Crippen LogP contribution in [-0.4, -0.2) is 18.5 Å². The Bertz CT molecular complexity index is 808. The highest BCUT2D eigenvalue weighted by molar-refractivity contribution is 6.34. The Kier molecular flexibility index (Phi) is 6.62. The number of rotatable bonds is 5. The standard InChI is InChI=1S/C19H17Cl2NO3/c1-12-8-13(2)19(16(21)9-12)22-17(23)11-25-18(24)7-6-14-4-3-5-15(20)10-14/h3-10H,11H2,1-2H3,(H,22,23)/b7-6+. The van der Waals surface area contributed by atoms with Crippen LogP contribution in [0.3, 0.4) is 0 Å². The lowest BCUT2D eigenvalue weighted by molar-refractivity contribution is -0.142. The van der Waals surface area contributed by atoms with Gasteiger partial charge in [0.2, 0.25) is 0 Å². The molecule has 6 heteroatoms. The van der Waals surface area contributed by atoms with Gasteiger partial charge in [0.05, 0.1) is 10.7 Å². The summed E-state index contributed by atoms with van der Waals surface area (Å²) in [6, 6.07) is 10.7. The summed E-state index contributed by atoms with van der Waals surface area (Å²) in [5.41, 5.74) is 3.11. The molecule has 4 nitrogen and oxygen atoms in total. The highest BCUT2D eigenvalue weighted by Gasteiger charge is 2.11. The molecular weight excluding hydrogens is 361 g/mol. The number of carbonyl (C=O) groups is 2. The van der Waals surface area contributed by atoms with Gasteiger partial charge < -0.3 is 10.1 Å². The van der Waals surface area contributed by atoms with Gasteiger partial charge in [0, 0.05) is 11.1 Å². The number of halogens is 2. The first-order valence-corrected chi connectivity index (χ1v) is 8.28. The molecule has 2 aromatic carbocycles. The molecule has 0 bridgehead atoms. The normalized spacial score (nSPS) is 10.7. The number of nitrogens with one attached hydrogen (secondary N) is 1. The van der Waals surface area contributed by atoms with Gasteiger partial charge in [-0.25, -0.2) is 4.79 Å². The molecule has 1 amide bonds. The number of amides is 1. The van der Waals surface area contributed by atoms with Gasteiger partial charge in [-0.1, -0.05) is 41.4 Å². The van der Waals surface area contributed by atoms with Gasteiger partial charge in [-0.15, -0.1) is 0 Å². The quantitative estimate of drug-likeness (QED) is 0.600. The van der Waals surface area contributed by atoms with Crippen molar-refractivity contribution in [1.29, 1.82) is 0 Å². The molecule has 0 atom stereocenters. The topological polar surface area (TPSA) is 55.4 Å². The Morgan fingerprint density at radius 3 is 2.60 bits per heavy atom. The van der Waals surface area contributed by atoms with Crippen LogP contribution >= 0.6 is 23.2 Å². The van der Waals surface area contributed by atoms with E-state index in [1.807, 2.05) is 19.9 Å². The third-order valence-electron chi connectivity index (χ3n) is 3.30. The summed E-state index contributed by atoms with van der Waals surface area (Å²) in [6.45, 7) is 3.36. The maximum atomic E-state index is 11.9. The van der Waals surface area contributed by atoms with Crippen molar-refractivity contribution in [3.63, 3.8) is 0 Å². The zero-order valence-corrected chi connectivity index (χ0v) is 15.3. The molecule has 0 heterocycles. The Morgan fingerprint density at radius 1 is 1.16 bits per heavy atom. The molecule has 25 heavy (non-hydrogen) atoms. The third-order valence-corrected chi connectivity index (χ3v) is 3.84. The Balaban J connectivity index is 1.88. The first-order chi connectivity index (χ1) is 11.8. The molecule has 0 aliphatic carbocycles. The minimum Gasteiger partial charge on any atom is -0.452 e. The molecule has 0 aromatic heterocycles. The van der Waals surface area contributed by atoms with Crippen LogP contribution in [0.4, 0.5) is 5.69 Å². The van der Waals surface area contributed by atoms with Gasteiger partial charge in [-0.05, 0) is 54.8 Å². The van der Waals surface area contributed by atoms with Crippen molar-refractivity contribution in [2.45, 2.75) is 13.8 Å². The molecule has 0 saturated carbocycles. The van der Waals surface area contributed by atoms with Crippen LogP contribution in [0.25, 0.3) is 6.08 Å². The fraction of sp³-hybridized carbons (Fsp3) is 0.158. The van der Waals surface area contributed by atoms with Crippen LogP contribution in [0.15, 0.2) is 42.5 Å². The van der Waals surface area contributed by atoms with E-state index in [9.17, 15) is 9.59 Å². The summed E-state index contributed by atoms with van der Waals surface area (Å²) >= 11 is 12.0. The van der Waals surface area contributed by atoms with Gasteiger partial charge in [0.25, 0.3) is 5.91 Å². The van der Waals surface area contributed by atoms with Crippen molar-refractivity contribution in [3.05, 3.63) is 69.2 Å². The van der Waals surface area contributed by atoms with Gasteiger partial charge in [0.1, 0.15) is 0 Å². The molecule has 0 fully saturated rings. The molecule has 0 aliphatic heterocycles. The van der Waals surface area contributed by atoms with Crippen LogP contribution in [-0.2, 0) is 14.3 Å². The van der Waals surface area contributed by atoms with Crippen molar-refractivity contribution in [3.8, 4) is 0 Å². The van der Waals surface area contributed by atoms with Crippen LogP contribution in [0.1, 0.15) is 16.7 Å². The second kappa shape index (κ2) is 8.70. The predicted molar refractivity (Wildman–Crippen MR) is 101 cm³/mol. The summed E-state index contributed by atoms with van der Waals surface area (Å²) in [7, 11) is 0. The van der Waals surface area contributed by atoms with E-state index in [0.29, 0.717) is 15.7 Å². The highest BCUT2D eigenvalue weighted by atomic mass is 35.5. The SMILES string of the molecule is Cc1cc(C)c(NC(=O)COC(=O)/C=C/c2cccc(Cl)c2)c(Cl)c1. The second-order valence-electron chi connectivity index (χ2n) is 5.48. The van der Waals surface area contributed by atoms with Crippen LogP contribution in [0.2, 0.25) is 10.0 Å². The smallest absolute Gasteiger partial charge is 0.331 e. The van der Waals surface area contributed by atoms with Crippen LogP contribution in [0, 0.1) is 13.8 Å². The fourth-order valence-electron chi connectivity index (χ4n) is 2.21. The van der Waals surface area contributed by atoms with Crippen molar-refractivity contribution in [2.75, 3.05) is 11.9 Å². The molecule has 0 spiro atoms. The molecule has 2 aromatic rings. The summed E-state index contributed by atoms with van der Waals surface area (Å²) in [5.74, 6) is -1.08. The van der Waals surface area contributed by atoms with E-state index >= 15 is 0 Å². The maximum Gasteiger partial charge on any atom is 0.331 e. The zero-order valence-electron chi connectivity index (χ0n) is 13.8. The van der Waals surface area contributed by atoms with Crippen molar-refractivity contribution in [1.82, 2.24) is 0 Å². The zero-order chi connectivity index (χ0) is 18.4. The summed E-state index contributed by atoms with van der Waals surface area (Å²) in [5, 5.41) is 3.66. The van der Waals surface area contributed by atoms with E-state index in [4.69, 9.17) is 27.9 Å². The Labute approximate surface area is 156 Å². The van der Waals surface area contributed by atoms with Gasteiger partial charge >= 0.3 is 5.97 Å².